The second-order valence-corrected chi connectivity index (χ2v) is 7.97. The highest BCUT2D eigenvalue weighted by Crippen LogP contribution is 2.13. The van der Waals surface area contributed by atoms with Crippen LogP contribution in [0, 0.1) is 0 Å². The number of unbranched alkanes of at least 4 members (excludes halogenated alkanes) is 13. The molecule has 0 bridgehead atoms. The summed E-state index contributed by atoms with van der Waals surface area (Å²) in [5, 5.41) is 1.98. The van der Waals surface area contributed by atoms with Crippen molar-refractivity contribution in [3.63, 3.8) is 0 Å². The van der Waals surface area contributed by atoms with Crippen LogP contribution < -0.4 is 15.3 Å². The summed E-state index contributed by atoms with van der Waals surface area (Å²) in [4.78, 5) is 14.6. The molecule has 0 saturated carbocycles. The van der Waals surface area contributed by atoms with Gasteiger partial charge in [-0.25, -0.2) is 0 Å². The Hall–Kier alpha value is -1.51. The van der Waals surface area contributed by atoms with Crippen LogP contribution in [0.5, 0.6) is 5.88 Å². The molecule has 0 fully saturated rings. The van der Waals surface area contributed by atoms with Crippen molar-refractivity contribution in [1.82, 2.24) is 4.98 Å². The van der Waals surface area contributed by atoms with Gasteiger partial charge >= 0.3 is 0 Å². The average Bonchev–Trinajstić information content (AvgIpc) is 3.06. The van der Waals surface area contributed by atoms with E-state index >= 15 is 0 Å². The van der Waals surface area contributed by atoms with Gasteiger partial charge in [0.2, 0.25) is 0 Å². The molecule has 3 nitrogen and oxygen atoms in total. The molecule has 1 aliphatic carbocycles. The molecule has 3 heteroatoms. The molecule has 0 aliphatic heterocycles. The van der Waals surface area contributed by atoms with E-state index in [-0.39, 0.29) is 5.78 Å². The molecule has 0 atom stereocenters. The van der Waals surface area contributed by atoms with Gasteiger partial charge in [0.15, 0.2) is 11.7 Å². The van der Waals surface area contributed by atoms with Gasteiger partial charge in [-0.1, -0.05) is 96.5 Å². The van der Waals surface area contributed by atoms with Crippen LogP contribution in [0.25, 0.3) is 12.2 Å². The lowest BCUT2D eigenvalue weighted by Gasteiger charge is -2.04. The quantitative estimate of drug-likeness (QED) is 0.394. The van der Waals surface area contributed by atoms with Gasteiger partial charge in [-0.2, -0.15) is 0 Å². The standard InChI is InChI=1S/C24H39NO2/c1-2-3-4-5-6-7-8-9-10-11-12-13-14-15-18-27-24-19-21-16-17-22(26)20-23(21)25-24/h16,19-20,25H,2-15,17-18H2,1H3. The highest BCUT2D eigenvalue weighted by atomic mass is 16.5. The first-order valence-corrected chi connectivity index (χ1v) is 11.4. The van der Waals surface area contributed by atoms with E-state index in [1.165, 1.54) is 83.5 Å². The predicted octanol–water partition coefficient (Wildman–Crippen LogP) is 5.41. The minimum atomic E-state index is 0.155. The molecule has 0 saturated heterocycles. The third-order valence-corrected chi connectivity index (χ3v) is 5.44. The Labute approximate surface area is 165 Å². The van der Waals surface area contributed by atoms with Crippen LogP contribution in [-0.2, 0) is 4.79 Å². The van der Waals surface area contributed by atoms with Gasteiger partial charge in [-0.05, 0) is 11.6 Å². The summed E-state index contributed by atoms with van der Waals surface area (Å²) in [6.45, 7) is 3.04. The Kier molecular flexibility index (Phi) is 11.0. The van der Waals surface area contributed by atoms with Gasteiger partial charge in [0, 0.05) is 18.6 Å². The number of ketones is 1. The number of aromatic amines is 1. The molecule has 152 valence electrons. The van der Waals surface area contributed by atoms with Crippen LogP contribution in [0.2, 0.25) is 0 Å². The zero-order valence-corrected chi connectivity index (χ0v) is 17.4. The number of aromatic nitrogens is 1. The third kappa shape index (κ3) is 9.30. The van der Waals surface area contributed by atoms with E-state index in [2.05, 4.69) is 11.9 Å². The average molecular weight is 374 g/mol. The second kappa shape index (κ2) is 13.6. The highest BCUT2D eigenvalue weighted by molar-refractivity contribution is 6.08. The summed E-state index contributed by atoms with van der Waals surface area (Å²) in [6.07, 6.45) is 23.3. The van der Waals surface area contributed by atoms with Gasteiger partial charge in [0.1, 0.15) is 0 Å². The van der Waals surface area contributed by atoms with E-state index in [0.29, 0.717) is 6.42 Å². The highest BCUT2D eigenvalue weighted by Gasteiger charge is 2.05. The molecular formula is C24H39NO2. The van der Waals surface area contributed by atoms with Crippen LogP contribution >= 0.6 is 0 Å². The number of ether oxygens (including phenoxy) is 1. The van der Waals surface area contributed by atoms with Crippen molar-refractivity contribution < 1.29 is 9.53 Å². The maximum absolute atomic E-state index is 11.4. The van der Waals surface area contributed by atoms with Gasteiger partial charge in [-0.3, -0.25) is 4.79 Å². The lowest BCUT2D eigenvalue weighted by molar-refractivity contribution is -0.112. The summed E-state index contributed by atoms with van der Waals surface area (Å²) in [5.74, 6) is 0.944. The van der Waals surface area contributed by atoms with Gasteiger partial charge < -0.3 is 9.72 Å². The summed E-state index contributed by atoms with van der Waals surface area (Å²) < 4.78 is 5.79. The van der Waals surface area contributed by atoms with Crippen molar-refractivity contribution >= 4 is 17.9 Å². The third-order valence-electron chi connectivity index (χ3n) is 5.44. The number of nitrogens with one attached hydrogen (secondary N) is 1. The van der Waals surface area contributed by atoms with Crippen LogP contribution in [-0.4, -0.2) is 17.4 Å². The largest absolute Gasteiger partial charge is 0.479 e. The Bertz CT molecular complexity index is 644. The van der Waals surface area contributed by atoms with E-state index in [1.807, 2.05) is 12.1 Å². The number of fused-ring (bicyclic) bond motifs is 1. The van der Waals surface area contributed by atoms with Gasteiger partial charge in [-0.15, -0.1) is 0 Å². The maximum Gasteiger partial charge on any atom is 0.191 e. The summed E-state index contributed by atoms with van der Waals surface area (Å²) in [5.41, 5.74) is 0. The number of rotatable bonds is 16. The Morgan fingerprint density at radius 2 is 1.41 bits per heavy atom. The zero-order chi connectivity index (χ0) is 19.2. The summed E-state index contributed by atoms with van der Waals surface area (Å²) in [6, 6.07) is 2.00. The first-order chi connectivity index (χ1) is 13.3. The number of hydrogen-bond acceptors (Lipinski definition) is 2. The Morgan fingerprint density at radius 3 is 2.00 bits per heavy atom. The topological polar surface area (TPSA) is 42.1 Å². The molecule has 0 spiro atoms. The smallest absolute Gasteiger partial charge is 0.191 e. The molecule has 0 aromatic carbocycles. The fourth-order valence-electron chi connectivity index (χ4n) is 3.74. The monoisotopic (exact) mass is 373 g/mol. The fraction of sp³-hybridized carbons (Fsp3) is 0.708. The molecule has 1 aliphatic rings. The molecular weight excluding hydrogens is 334 g/mol. The first kappa shape index (κ1) is 21.8. The number of carbonyl (C=O) groups is 1. The summed E-state index contributed by atoms with van der Waals surface area (Å²) in [7, 11) is 0. The lowest BCUT2D eigenvalue weighted by Crippen LogP contribution is -2.27. The van der Waals surface area contributed by atoms with Crippen LogP contribution in [0.15, 0.2) is 6.07 Å². The number of hydrogen-bond donors (Lipinski definition) is 1. The minimum absolute atomic E-state index is 0.155. The molecule has 0 unspecified atom stereocenters. The Balaban J connectivity index is 1.37. The van der Waals surface area contributed by atoms with E-state index in [1.54, 1.807) is 6.08 Å². The zero-order valence-electron chi connectivity index (χ0n) is 17.4. The molecule has 1 heterocycles. The normalized spacial score (nSPS) is 13.1. The van der Waals surface area contributed by atoms with Gasteiger partial charge in [0.25, 0.3) is 0 Å². The molecule has 0 amide bonds. The molecule has 27 heavy (non-hydrogen) atoms. The number of H-pyrrole nitrogens is 1. The van der Waals surface area contributed by atoms with Crippen LogP contribution in [0.1, 0.15) is 103 Å². The van der Waals surface area contributed by atoms with E-state index in [4.69, 9.17) is 4.74 Å². The predicted molar refractivity (Wildman–Crippen MR) is 114 cm³/mol. The second-order valence-electron chi connectivity index (χ2n) is 7.97. The van der Waals surface area contributed by atoms with E-state index in [0.717, 1.165) is 29.5 Å². The van der Waals surface area contributed by atoms with Gasteiger partial charge in [0.05, 0.1) is 12.0 Å². The van der Waals surface area contributed by atoms with Crippen LogP contribution in [0.3, 0.4) is 0 Å². The molecule has 1 aromatic rings. The number of Topliss-reactive ketones (excluding diaryl/α,β-unsaturated/α-hetero) is 1. The SMILES string of the molecule is CCCCCCCCCCCCCCCCOc1cc2c([nH]1)=CC(=O)CC=2. The van der Waals surface area contributed by atoms with E-state index < -0.39 is 0 Å². The lowest BCUT2D eigenvalue weighted by atomic mass is 10.0. The van der Waals surface area contributed by atoms with Crippen molar-refractivity contribution in [2.45, 2.75) is 103 Å². The van der Waals surface area contributed by atoms with Crippen molar-refractivity contribution in [2.75, 3.05) is 6.61 Å². The molecule has 2 rings (SSSR count). The molecule has 1 N–H and O–H groups in total. The van der Waals surface area contributed by atoms with Crippen molar-refractivity contribution in [1.29, 1.82) is 0 Å². The van der Waals surface area contributed by atoms with E-state index in [9.17, 15) is 4.79 Å². The van der Waals surface area contributed by atoms with Crippen LogP contribution in [0.4, 0.5) is 0 Å². The van der Waals surface area contributed by atoms with Crippen molar-refractivity contribution in [2.24, 2.45) is 0 Å². The fourth-order valence-corrected chi connectivity index (χ4v) is 3.74. The minimum Gasteiger partial charge on any atom is -0.479 e. The van der Waals surface area contributed by atoms with Crippen molar-refractivity contribution in [3.05, 3.63) is 16.6 Å². The summed E-state index contributed by atoms with van der Waals surface area (Å²) >= 11 is 0. The van der Waals surface area contributed by atoms with Crippen molar-refractivity contribution in [3.8, 4) is 5.88 Å². The molecule has 1 aromatic heterocycles. The molecule has 0 radical (unpaired) electrons. The maximum atomic E-state index is 11.4. The number of carbonyl (C=O) groups excluding carboxylic acids is 1. The first-order valence-electron chi connectivity index (χ1n) is 11.4. The Morgan fingerprint density at radius 1 is 0.852 bits per heavy atom.